The predicted molar refractivity (Wildman–Crippen MR) is 54.8 cm³/mol. The SMILES string of the molecule is Cc1nnc(Sc2nsnc2Cl)n1C. The van der Waals surface area contributed by atoms with Gasteiger partial charge in [0.05, 0.1) is 11.7 Å². The van der Waals surface area contributed by atoms with Crippen molar-refractivity contribution in [2.24, 2.45) is 7.05 Å². The molecule has 0 amide bonds. The van der Waals surface area contributed by atoms with E-state index in [-0.39, 0.29) is 0 Å². The third kappa shape index (κ3) is 1.75. The zero-order valence-electron chi connectivity index (χ0n) is 7.43. The number of hydrogen-bond acceptors (Lipinski definition) is 6. The van der Waals surface area contributed by atoms with Crippen LogP contribution in [0.3, 0.4) is 0 Å². The second-order valence-electron chi connectivity index (χ2n) is 2.55. The Bertz CT molecular complexity index is 451. The number of hydrogen-bond donors (Lipinski definition) is 0. The highest BCUT2D eigenvalue weighted by Crippen LogP contribution is 2.29. The quantitative estimate of drug-likeness (QED) is 0.810. The number of halogens is 1. The molecule has 0 aliphatic rings. The summed E-state index contributed by atoms with van der Waals surface area (Å²) in [5.74, 6) is 0.854. The van der Waals surface area contributed by atoms with Crippen LogP contribution in [0.5, 0.6) is 0 Å². The molecule has 0 aromatic carbocycles. The molecule has 0 spiro atoms. The zero-order valence-corrected chi connectivity index (χ0v) is 9.82. The van der Waals surface area contributed by atoms with Gasteiger partial charge in [-0.05, 0) is 18.7 Å². The molecule has 2 aromatic heterocycles. The highest BCUT2D eigenvalue weighted by atomic mass is 35.5. The molecule has 0 unspecified atom stereocenters. The van der Waals surface area contributed by atoms with E-state index in [0.717, 1.165) is 22.7 Å². The van der Waals surface area contributed by atoms with E-state index in [4.69, 9.17) is 11.6 Å². The summed E-state index contributed by atoms with van der Waals surface area (Å²) in [6, 6.07) is 0. The number of rotatable bonds is 2. The summed E-state index contributed by atoms with van der Waals surface area (Å²) in [6.45, 7) is 1.89. The lowest BCUT2D eigenvalue weighted by Gasteiger charge is -1.97. The van der Waals surface area contributed by atoms with Gasteiger partial charge in [-0.2, -0.15) is 8.75 Å². The van der Waals surface area contributed by atoms with Crippen LogP contribution in [-0.2, 0) is 7.05 Å². The third-order valence-electron chi connectivity index (χ3n) is 1.66. The van der Waals surface area contributed by atoms with Gasteiger partial charge in [-0.3, -0.25) is 0 Å². The molecule has 0 aliphatic carbocycles. The van der Waals surface area contributed by atoms with E-state index in [1.807, 2.05) is 18.5 Å². The number of aryl methyl sites for hydroxylation is 1. The Morgan fingerprint density at radius 3 is 2.64 bits per heavy atom. The van der Waals surface area contributed by atoms with E-state index < -0.39 is 0 Å². The van der Waals surface area contributed by atoms with E-state index in [0.29, 0.717) is 10.2 Å². The molecule has 5 nitrogen and oxygen atoms in total. The minimum Gasteiger partial charge on any atom is -0.309 e. The fourth-order valence-corrected chi connectivity index (χ4v) is 2.41. The van der Waals surface area contributed by atoms with E-state index in [1.165, 1.54) is 11.8 Å². The first kappa shape index (κ1) is 9.88. The standard InChI is InChI=1S/C6H6ClN5S2/c1-3-8-9-6(12(3)2)13-5-4(7)10-14-11-5/h1-2H3. The lowest BCUT2D eigenvalue weighted by molar-refractivity contribution is 0.765. The average Bonchev–Trinajstić information content (AvgIpc) is 2.68. The monoisotopic (exact) mass is 247 g/mol. The molecule has 14 heavy (non-hydrogen) atoms. The largest absolute Gasteiger partial charge is 0.309 e. The maximum Gasteiger partial charge on any atom is 0.197 e. The topological polar surface area (TPSA) is 56.5 Å². The van der Waals surface area contributed by atoms with Gasteiger partial charge in [0.2, 0.25) is 0 Å². The summed E-state index contributed by atoms with van der Waals surface area (Å²) in [5, 5.41) is 9.77. The molecule has 0 atom stereocenters. The van der Waals surface area contributed by atoms with E-state index >= 15 is 0 Å². The van der Waals surface area contributed by atoms with Gasteiger partial charge >= 0.3 is 0 Å². The summed E-state index contributed by atoms with van der Waals surface area (Å²) in [7, 11) is 1.89. The van der Waals surface area contributed by atoms with E-state index in [1.54, 1.807) is 0 Å². The van der Waals surface area contributed by atoms with Crippen molar-refractivity contribution in [1.82, 2.24) is 23.5 Å². The van der Waals surface area contributed by atoms with Crippen LogP contribution in [-0.4, -0.2) is 23.5 Å². The normalized spacial score (nSPS) is 10.8. The first-order valence-corrected chi connectivity index (χ1v) is 5.63. The minimum atomic E-state index is 0.417. The van der Waals surface area contributed by atoms with Gasteiger partial charge in [0.25, 0.3) is 0 Å². The third-order valence-corrected chi connectivity index (χ3v) is 3.80. The first-order chi connectivity index (χ1) is 6.68. The summed E-state index contributed by atoms with van der Waals surface area (Å²) in [5.41, 5.74) is 0. The van der Waals surface area contributed by atoms with Crippen LogP contribution in [0.4, 0.5) is 0 Å². The van der Waals surface area contributed by atoms with Crippen LogP contribution in [0.15, 0.2) is 10.2 Å². The highest BCUT2D eigenvalue weighted by molar-refractivity contribution is 7.99. The maximum absolute atomic E-state index is 5.81. The molecule has 2 aromatic rings. The molecule has 0 bridgehead atoms. The molecule has 8 heteroatoms. The smallest absolute Gasteiger partial charge is 0.197 e. The lowest BCUT2D eigenvalue weighted by Crippen LogP contribution is -1.93. The molecule has 0 fully saturated rings. The molecule has 0 saturated heterocycles. The van der Waals surface area contributed by atoms with Gasteiger partial charge in [-0.15, -0.1) is 10.2 Å². The fourth-order valence-electron chi connectivity index (χ4n) is 0.794. The Balaban J connectivity index is 2.27. The molecular weight excluding hydrogens is 242 g/mol. The van der Waals surface area contributed by atoms with Crippen molar-refractivity contribution in [2.75, 3.05) is 0 Å². The van der Waals surface area contributed by atoms with E-state index in [2.05, 4.69) is 18.9 Å². The highest BCUT2D eigenvalue weighted by Gasteiger charge is 2.12. The van der Waals surface area contributed by atoms with Crippen LogP contribution in [0.1, 0.15) is 5.82 Å². The van der Waals surface area contributed by atoms with Crippen molar-refractivity contribution >= 4 is 35.1 Å². The van der Waals surface area contributed by atoms with E-state index in [9.17, 15) is 0 Å². The van der Waals surface area contributed by atoms with Crippen LogP contribution in [0, 0.1) is 6.92 Å². The van der Waals surface area contributed by atoms with Crippen LogP contribution >= 0.6 is 35.1 Å². The Kier molecular flexibility index (Phi) is 2.71. The molecule has 0 saturated carbocycles. The van der Waals surface area contributed by atoms with Gasteiger partial charge in [0.1, 0.15) is 5.82 Å². The Morgan fingerprint density at radius 2 is 2.14 bits per heavy atom. The van der Waals surface area contributed by atoms with Gasteiger partial charge in [-0.25, -0.2) is 0 Å². The average molecular weight is 248 g/mol. The van der Waals surface area contributed by atoms with Gasteiger partial charge in [-0.1, -0.05) is 11.6 Å². The summed E-state index contributed by atoms with van der Waals surface area (Å²) < 4.78 is 9.78. The summed E-state index contributed by atoms with van der Waals surface area (Å²) >= 11 is 8.26. The van der Waals surface area contributed by atoms with Crippen molar-refractivity contribution in [2.45, 2.75) is 17.1 Å². The molecule has 0 N–H and O–H groups in total. The molecule has 0 radical (unpaired) electrons. The van der Waals surface area contributed by atoms with Crippen molar-refractivity contribution < 1.29 is 0 Å². The zero-order chi connectivity index (χ0) is 10.1. The second-order valence-corrected chi connectivity index (χ2v) is 4.39. The minimum absolute atomic E-state index is 0.417. The second kappa shape index (κ2) is 3.84. The number of nitrogens with zero attached hydrogens (tertiary/aromatic N) is 5. The van der Waals surface area contributed by atoms with Crippen LogP contribution in [0.25, 0.3) is 0 Å². The van der Waals surface area contributed by atoms with Crippen molar-refractivity contribution in [3.05, 3.63) is 11.0 Å². The molecule has 2 heterocycles. The Hall–Kier alpha value is -0.660. The van der Waals surface area contributed by atoms with Crippen molar-refractivity contribution in [3.63, 3.8) is 0 Å². The summed E-state index contributed by atoms with van der Waals surface area (Å²) in [6.07, 6.45) is 0. The molecular formula is C6H6ClN5S2. The van der Waals surface area contributed by atoms with Crippen LogP contribution < -0.4 is 0 Å². The van der Waals surface area contributed by atoms with Crippen LogP contribution in [0.2, 0.25) is 5.15 Å². The summed E-state index contributed by atoms with van der Waals surface area (Å²) in [4.78, 5) is 0. The molecule has 0 aliphatic heterocycles. The van der Waals surface area contributed by atoms with Gasteiger partial charge in [0.15, 0.2) is 15.3 Å². The fraction of sp³-hybridized carbons (Fsp3) is 0.333. The number of aromatic nitrogens is 5. The van der Waals surface area contributed by atoms with Crippen molar-refractivity contribution in [3.8, 4) is 0 Å². The molecule has 2 rings (SSSR count). The Labute approximate surface area is 93.8 Å². The predicted octanol–water partition coefficient (Wildman–Crippen LogP) is 1.78. The maximum atomic E-state index is 5.81. The first-order valence-electron chi connectivity index (χ1n) is 3.70. The lowest BCUT2D eigenvalue weighted by atomic mass is 10.7. The van der Waals surface area contributed by atoms with Gasteiger partial charge < -0.3 is 4.57 Å². The Morgan fingerprint density at radius 1 is 1.36 bits per heavy atom. The molecule has 74 valence electrons. The van der Waals surface area contributed by atoms with Crippen molar-refractivity contribution in [1.29, 1.82) is 0 Å². The van der Waals surface area contributed by atoms with Gasteiger partial charge in [0, 0.05) is 7.05 Å².